The van der Waals surface area contributed by atoms with Gasteiger partial charge >= 0.3 is 5.51 Å². The summed E-state index contributed by atoms with van der Waals surface area (Å²) >= 11 is 0. The number of halogens is 3. The average Bonchev–Trinajstić information content (AvgIpc) is 2.62. The number of hydrogen-bond donors (Lipinski definition) is 1. The lowest BCUT2D eigenvalue weighted by Crippen LogP contribution is -2.28. The van der Waals surface area contributed by atoms with Gasteiger partial charge in [0.1, 0.15) is 0 Å². The van der Waals surface area contributed by atoms with Crippen LogP contribution in [0.3, 0.4) is 0 Å². The summed E-state index contributed by atoms with van der Waals surface area (Å²) in [7, 11) is -5.32. The molecule has 1 heterocycles. The zero-order valence-corrected chi connectivity index (χ0v) is 11.7. The topological polar surface area (TPSA) is 66.5 Å². The van der Waals surface area contributed by atoms with Crippen LogP contribution in [0.5, 0.6) is 0 Å². The highest BCUT2D eigenvalue weighted by atomic mass is 32.2. The SMILES string of the molecule is O=C1CCN(c2ccc(S(=O)(=O)C(F)(F)F)cc2)CCN1. The Morgan fingerprint density at radius 3 is 2.29 bits per heavy atom. The van der Waals surface area contributed by atoms with Crippen LogP contribution in [0, 0.1) is 0 Å². The van der Waals surface area contributed by atoms with Gasteiger partial charge in [-0.05, 0) is 24.3 Å². The normalized spacial score (nSPS) is 17.3. The number of rotatable bonds is 2. The van der Waals surface area contributed by atoms with Crippen LogP contribution in [0.1, 0.15) is 6.42 Å². The van der Waals surface area contributed by atoms with Gasteiger partial charge in [0.15, 0.2) is 0 Å². The van der Waals surface area contributed by atoms with E-state index < -0.39 is 20.2 Å². The fourth-order valence-electron chi connectivity index (χ4n) is 1.99. The van der Waals surface area contributed by atoms with Crippen molar-refractivity contribution in [2.45, 2.75) is 16.8 Å². The lowest BCUT2D eigenvalue weighted by atomic mass is 10.2. The van der Waals surface area contributed by atoms with Gasteiger partial charge in [-0.2, -0.15) is 13.2 Å². The summed E-state index contributed by atoms with van der Waals surface area (Å²) in [6, 6.07) is 4.49. The van der Waals surface area contributed by atoms with Crippen molar-refractivity contribution in [3.8, 4) is 0 Å². The molecule has 0 unspecified atom stereocenters. The molecule has 0 radical (unpaired) electrons. The predicted molar refractivity (Wildman–Crippen MR) is 69.5 cm³/mol. The van der Waals surface area contributed by atoms with E-state index in [1.54, 1.807) is 0 Å². The van der Waals surface area contributed by atoms with E-state index in [0.29, 0.717) is 25.3 Å². The lowest BCUT2D eigenvalue weighted by Gasteiger charge is -2.22. The molecule has 0 spiro atoms. The van der Waals surface area contributed by atoms with E-state index in [0.717, 1.165) is 12.1 Å². The van der Waals surface area contributed by atoms with Crippen molar-refractivity contribution in [3.63, 3.8) is 0 Å². The minimum Gasteiger partial charge on any atom is -0.369 e. The average molecular weight is 322 g/mol. The van der Waals surface area contributed by atoms with Gasteiger partial charge in [0.25, 0.3) is 9.84 Å². The smallest absolute Gasteiger partial charge is 0.369 e. The van der Waals surface area contributed by atoms with Crippen LogP contribution in [0.4, 0.5) is 18.9 Å². The number of carbonyl (C=O) groups excluding carboxylic acids is 1. The van der Waals surface area contributed by atoms with E-state index in [-0.39, 0.29) is 12.3 Å². The van der Waals surface area contributed by atoms with E-state index >= 15 is 0 Å². The predicted octanol–water partition coefficient (Wildman–Crippen LogP) is 1.31. The largest absolute Gasteiger partial charge is 0.501 e. The van der Waals surface area contributed by atoms with Crippen molar-refractivity contribution in [3.05, 3.63) is 24.3 Å². The van der Waals surface area contributed by atoms with Crippen molar-refractivity contribution in [1.29, 1.82) is 0 Å². The summed E-state index contributed by atoms with van der Waals surface area (Å²) in [5.74, 6) is -0.0891. The Morgan fingerprint density at radius 2 is 1.71 bits per heavy atom. The highest BCUT2D eigenvalue weighted by Gasteiger charge is 2.46. The van der Waals surface area contributed by atoms with E-state index in [2.05, 4.69) is 5.32 Å². The molecule has 1 amide bonds. The first-order chi connectivity index (χ1) is 9.72. The first kappa shape index (κ1) is 15.6. The number of benzene rings is 1. The van der Waals surface area contributed by atoms with Gasteiger partial charge in [0.05, 0.1) is 4.90 Å². The van der Waals surface area contributed by atoms with Crippen LogP contribution in [0.25, 0.3) is 0 Å². The Hall–Kier alpha value is -1.77. The van der Waals surface area contributed by atoms with Gasteiger partial charge in [-0.25, -0.2) is 8.42 Å². The monoisotopic (exact) mass is 322 g/mol. The molecule has 5 nitrogen and oxygen atoms in total. The number of alkyl halides is 3. The number of amides is 1. The fourth-order valence-corrected chi connectivity index (χ4v) is 2.76. The number of nitrogens with one attached hydrogen (secondary N) is 1. The van der Waals surface area contributed by atoms with Crippen LogP contribution >= 0.6 is 0 Å². The van der Waals surface area contributed by atoms with Crippen molar-refractivity contribution < 1.29 is 26.4 Å². The third-order valence-corrected chi connectivity index (χ3v) is 4.63. The Morgan fingerprint density at radius 1 is 1.10 bits per heavy atom. The molecule has 0 aromatic heterocycles. The summed E-state index contributed by atoms with van der Waals surface area (Å²) < 4.78 is 59.8. The summed E-state index contributed by atoms with van der Waals surface area (Å²) in [4.78, 5) is 12.2. The summed E-state index contributed by atoms with van der Waals surface area (Å²) in [5, 5.41) is 2.67. The number of hydrogen-bond acceptors (Lipinski definition) is 4. The van der Waals surface area contributed by atoms with E-state index in [4.69, 9.17) is 0 Å². The molecular formula is C12H13F3N2O3S. The molecule has 21 heavy (non-hydrogen) atoms. The number of anilines is 1. The van der Waals surface area contributed by atoms with E-state index in [9.17, 15) is 26.4 Å². The molecule has 116 valence electrons. The zero-order valence-electron chi connectivity index (χ0n) is 10.9. The van der Waals surface area contributed by atoms with Crippen LogP contribution < -0.4 is 10.2 Å². The Labute approximate surface area is 119 Å². The van der Waals surface area contributed by atoms with Gasteiger partial charge in [-0.3, -0.25) is 4.79 Å². The third-order valence-electron chi connectivity index (χ3n) is 3.13. The molecule has 0 saturated carbocycles. The van der Waals surface area contributed by atoms with Crippen molar-refractivity contribution >= 4 is 21.4 Å². The number of carbonyl (C=O) groups is 1. The molecule has 9 heteroatoms. The summed E-state index contributed by atoms with van der Waals surface area (Å²) in [6.07, 6.45) is 0.280. The number of sulfone groups is 1. The second kappa shape index (κ2) is 5.55. The molecule has 1 aliphatic heterocycles. The second-order valence-electron chi connectivity index (χ2n) is 4.53. The zero-order chi connectivity index (χ0) is 15.7. The fraction of sp³-hybridized carbons (Fsp3) is 0.417. The Bertz CT molecular complexity index is 626. The van der Waals surface area contributed by atoms with Gasteiger partial charge in [-0.15, -0.1) is 0 Å². The van der Waals surface area contributed by atoms with E-state index in [1.165, 1.54) is 12.1 Å². The van der Waals surface area contributed by atoms with Crippen LogP contribution in [-0.4, -0.2) is 39.5 Å². The molecule has 0 bridgehead atoms. The molecule has 0 atom stereocenters. The first-order valence-electron chi connectivity index (χ1n) is 6.15. The molecule has 1 aromatic carbocycles. The molecular weight excluding hydrogens is 309 g/mol. The maximum absolute atomic E-state index is 12.4. The highest BCUT2D eigenvalue weighted by Crippen LogP contribution is 2.31. The quantitative estimate of drug-likeness (QED) is 0.891. The lowest BCUT2D eigenvalue weighted by molar-refractivity contribution is -0.120. The minimum absolute atomic E-state index is 0.0891. The third kappa shape index (κ3) is 3.29. The molecule has 1 aliphatic rings. The summed E-state index contributed by atoms with van der Waals surface area (Å²) in [5.41, 5.74) is -4.74. The van der Waals surface area contributed by atoms with Gasteiger partial charge < -0.3 is 10.2 Å². The van der Waals surface area contributed by atoms with Crippen LogP contribution in [0.15, 0.2) is 29.2 Å². The van der Waals surface area contributed by atoms with Crippen molar-refractivity contribution in [2.75, 3.05) is 24.5 Å². The van der Waals surface area contributed by atoms with Gasteiger partial charge in [0.2, 0.25) is 5.91 Å². The maximum Gasteiger partial charge on any atom is 0.501 e. The minimum atomic E-state index is -5.32. The highest BCUT2D eigenvalue weighted by molar-refractivity contribution is 7.92. The molecule has 1 aromatic rings. The van der Waals surface area contributed by atoms with Gasteiger partial charge in [0, 0.05) is 31.7 Å². The second-order valence-corrected chi connectivity index (χ2v) is 6.47. The number of nitrogens with zero attached hydrogens (tertiary/aromatic N) is 1. The molecule has 1 saturated heterocycles. The summed E-state index contributed by atoms with van der Waals surface area (Å²) in [6.45, 7) is 1.37. The van der Waals surface area contributed by atoms with E-state index in [1.807, 2.05) is 4.90 Å². The standard InChI is InChI=1S/C12H13F3N2O3S/c13-12(14,15)21(19,20)10-3-1-9(2-4-10)17-7-5-11(18)16-6-8-17/h1-4H,5-8H2,(H,16,18). The molecule has 1 fully saturated rings. The Kier molecular flexibility index (Phi) is 4.13. The van der Waals surface area contributed by atoms with Gasteiger partial charge in [-0.1, -0.05) is 0 Å². The molecule has 2 rings (SSSR count). The molecule has 1 N–H and O–H groups in total. The van der Waals surface area contributed by atoms with Crippen LogP contribution in [-0.2, 0) is 14.6 Å². The molecule has 0 aliphatic carbocycles. The van der Waals surface area contributed by atoms with Crippen molar-refractivity contribution in [1.82, 2.24) is 5.32 Å². The Balaban J connectivity index is 2.21. The maximum atomic E-state index is 12.4. The first-order valence-corrected chi connectivity index (χ1v) is 7.63. The van der Waals surface area contributed by atoms with Crippen molar-refractivity contribution in [2.24, 2.45) is 0 Å². The van der Waals surface area contributed by atoms with Crippen LogP contribution in [0.2, 0.25) is 0 Å².